The van der Waals surface area contributed by atoms with Crippen molar-refractivity contribution in [3.8, 4) is 0 Å². The topological polar surface area (TPSA) is 72.7 Å². The van der Waals surface area contributed by atoms with Gasteiger partial charge in [0.1, 0.15) is 0 Å². The van der Waals surface area contributed by atoms with E-state index in [-0.39, 0.29) is 5.91 Å². The van der Waals surface area contributed by atoms with Crippen molar-refractivity contribution in [2.75, 3.05) is 0 Å². The van der Waals surface area contributed by atoms with E-state index in [9.17, 15) is 4.79 Å². The van der Waals surface area contributed by atoms with Gasteiger partial charge in [-0.05, 0) is 29.2 Å². The molecule has 1 aromatic heterocycles. The average molecular weight is 265 g/mol. The van der Waals surface area contributed by atoms with Crippen LogP contribution in [0.1, 0.15) is 64.2 Å². The van der Waals surface area contributed by atoms with Crippen LogP contribution < -0.4 is 5.32 Å². The van der Waals surface area contributed by atoms with Crippen molar-refractivity contribution < 1.29 is 4.79 Å². The number of nitrogens with zero attached hydrogens (tertiary/aromatic N) is 4. The molecule has 1 aliphatic rings. The zero-order chi connectivity index (χ0) is 13.7. The van der Waals surface area contributed by atoms with Crippen LogP contribution in [0.25, 0.3) is 0 Å². The van der Waals surface area contributed by atoms with Gasteiger partial charge in [0.15, 0.2) is 5.82 Å². The van der Waals surface area contributed by atoms with Crippen LogP contribution in [0.3, 0.4) is 0 Å². The van der Waals surface area contributed by atoms with E-state index >= 15 is 0 Å². The van der Waals surface area contributed by atoms with E-state index in [0.29, 0.717) is 24.9 Å². The maximum absolute atomic E-state index is 11.6. The van der Waals surface area contributed by atoms with E-state index in [1.165, 1.54) is 19.3 Å². The van der Waals surface area contributed by atoms with Crippen LogP contribution in [0.5, 0.6) is 0 Å². The normalized spacial score (nSPS) is 16.8. The minimum absolute atomic E-state index is 0.0631. The van der Waals surface area contributed by atoms with E-state index in [4.69, 9.17) is 0 Å². The number of carbonyl (C=O) groups excluding carboxylic acids is 1. The summed E-state index contributed by atoms with van der Waals surface area (Å²) in [4.78, 5) is 11.6. The van der Waals surface area contributed by atoms with Gasteiger partial charge >= 0.3 is 0 Å². The fraction of sp³-hybridized carbons (Fsp3) is 0.846. The van der Waals surface area contributed by atoms with Crippen molar-refractivity contribution >= 4 is 5.91 Å². The molecule has 2 rings (SSSR count). The molecule has 1 fully saturated rings. The molecule has 1 N–H and O–H groups in total. The van der Waals surface area contributed by atoms with E-state index < -0.39 is 0 Å². The third-order valence-electron chi connectivity index (χ3n) is 3.52. The number of hydrogen-bond donors (Lipinski definition) is 1. The summed E-state index contributed by atoms with van der Waals surface area (Å²) in [5.41, 5.74) is 0. The van der Waals surface area contributed by atoms with E-state index in [1.807, 2.05) is 18.5 Å². The lowest BCUT2D eigenvalue weighted by molar-refractivity contribution is -0.122. The Morgan fingerprint density at radius 3 is 2.79 bits per heavy atom. The third-order valence-corrected chi connectivity index (χ3v) is 3.52. The van der Waals surface area contributed by atoms with Gasteiger partial charge in [-0.25, -0.2) is 4.68 Å². The maximum Gasteiger partial charge on any atom is 0.220 e. The van der Waals surface area contributed by atoms with Crippen molar-refractivity contribution in [1.82, 2.24) is 25.5 Å². The molecular formula is C13H23N5O. The van der Waals surface area contributed by atoms with Crippen LogP contribution in [0.4, 0.5) is 0 Å². The Hall–Kier alpha value is -1.46. The zero-order valence-electron chi connectivity index (χ0n) is 11.8. The van der Waals surface area contributed by atoms with E-state index in [0.717, 1.165) is 18.7 Å². The summed E-state index contributed by atoms with van der Waals surface area (Å²) in [6.45, 7) is 4.49. The number of amides is 1. The average Bonchev–Trinajstić information content (AvgIpc) is 2.85. The highest BCUT2D eigenvalue weighted by Crippen LogP contribution is 2.27. The van der Waals surface area contributed by atoms with Gasteiger partial charge in [-0.2, -0.15) is 0 Å². The van der Waals surface area contributed by atoms with Crippen LogP contribution in [0.15, 0.2) is 0 Å². The largest absolute Gasteiger partial charge is 0.349 e. The van der Waals surface area contributed by atoms with Crippen molar-refractivity contribution in [1.29, 1.82) is 0 Å². The molecule has 1 amide bonds. The first-order valence-corrected chi connectivity index (χ1v) is 7.20. The molecule has 0 aromatic carbocycles. The second-order valence-corrected chi connectivity index (χ2v) is 5.71. The summed E-state index contributed by atoms with van der Waals surface area (Å²) in [6.07, 6.45) is 6.60. The van der Waals surface area contributed by atoms with Crippen molar-refractivity contribution in [3.63, 3.8) is 0 Å². The van der Waals surface area contributed by atoms with Gasteiger partial charge < -0.3 is 5.32 Å². The lowest BCUT2D eigenvalue weighted by atomic mass is 9.95. The first kappa shape index (κ1) is 14.0. The number of carbonyl (C=O) groups is 1. The molecule has 0 spiro atoms. The van der Waals surface area contributed by atoms with Crippen LogP contribution >= 0.6 is 0 Å². The number of rotatable bonds is 5. The van der Waals surface area contributed by atoms with Gasteiger partial charge in [0.25, 0.3) is 0 Å². The van der Waals surface area contributed by atoms with E-state index in [2.05, 4.69) is 20.8 Å². The van der Waals surface area contributed by atoms with Gasteiger partial charge in [-0.3, -0.25) is 4.79 Å². The van der Waals surface area contributed by atoms with Crippen LogP contribution in [0, 0.1) is 5.92 Å². The highest BCUT2D eigenvalue weighted by molar-refractivity contribution is 5.75. The molecule has 6 nitrogen and oxygen atoms in total. The summed E-state index contributed by atoms with van der Waals surface area (Å²) in [5.74, 6) is 1.20. The Bertz CT molecular complexity index is 409. The molecule has 0 unspecified atom stereocenters. The highest BCUT2D eigenvalue weighted by Gasteiger charge is 2.20. The molecule has 0 aliphatic heterocycles. The zero-order valence-corrected chi connectivity index (χ0v) is 11.8. The number of aromatic nitrogens is 4. The minimum atomic E-state index is 0.0631. The molecule has 19 heavy (non-hydrogen) atoms. The van der Waals surface area contributed by atoms with Crippen molar-refractivity contribution in [3.05, 3.63) is 5.82 Å². The Kier molecular flexibility index (Phi) is 4.87. The second-order valence-electron chi connectivity index (χ2n) is 5.71. The second kappa shape index (κ2) is 6.63. The molecule has 106 valence electrons. The first-order valence-electron chi connectivity index (χ1n) is 7.20. The summed E-state index contributed by atoms with van der Waals surface area (Å²) in [6, 6.07) is 0.403. The van der Waals surface area contributed by atoms with Crippen LogP contribution in [-0.2, 0) is 11.3 Å². The maximum atomic E-state index is 11.6. The van der Waals surface area contributed by atoms with Gasteiger partial charge in [-0.15, -0.1) is 5.10 Å². The molecule has 1 heterocycles. The lowest BCUT2D eigenvalue weighted by Gasteiger charge is -2.22. The molecule has 6 heteroatoms. The minimum Gasteiger partial charge on any atom is -0.349 e. The first-order chi connectivity index (χ1) is 9.16. The summed E-state index contributed by atoms with van der Waals surface area (Å²) >= 11 is 0. The summed E-state index contributed by atoms with van der Waals surface area (Å²) in [7, 11) is 0. The smallest absolute Gasteiger partial charge is 0.220 e. The Morgan fingerprint density at radius 2 is 2.11 bits per heavy atom. The number of tetrazole rings is 1. The molecule has 0 bridgehead atoms. The van der Waals surface area contributed by atoms with Gasteiger partial charge in [0, 0.05) is 6.42 Å². The van der Waals surface area contributed by atoms with Crippen molar-refractivity contribution in [2.24, 2.45) is 5.92 Å². The molecule has 1 aliphatic carbocycles. The SMILES string of the molecule is CC(C)CC(=O)NCc1nnnn1C1CCCCC1. The fourth-order valence-corrected chi connectivity index (χ4v) is 2.56. The van der Waals surface area contributed by atoms with Crippen LogP contribution in [-0.4, -0.2) is 26.1 Å². The van der Waals surface area contributed by atoms with Gasteiger partial charge in [0.2, 0.25) is 5.91 Å². The molecular weight excluding hydrogens is 242 g/mol. The van der Waals surface area contributed by atoms with E-state index in [1.54, 1.807) is 0 Å². The molecule has 0 saturated heterocycles. The summed E-state index contributed by atoms with van der Waals surface area (Å²) < 4.78 is 1.90. The molecule has 0 atom stereocenters. The monoisotopic (exact) mass is 265 g/mol. The number of hydrogen-bond acceptors (Lipinski definition) is 4. The predicted octanol–water partition coefficient (Wildman–Crippen LogP) is 1.84. The fourth-order valence-electron chi connectivity index (χ4n) is 2.56. The quantitative estimate of drug-likeness (QED) is 0.881. The third kappa shape index (κ3) is 4.01. The summed E-state index contributed by atoms with van der Waals surface area (Å²) in [5, 5.41) is 14.8. The van der Waals surface area contributed by atoms with Gasteiger partial charge in [0.05, 0.1) is 12.6 Å². The highest BCUT2D eigenvalue weighted by atomic mass is 16.1. The van der Waals surface area contributed by atoms with Gasteiger partial charge in [-0.1, -0.05) is 33.1 Å². The lowest BCUT2D eigenvalue weighted by Crippen LogP contribution is -2.27. The van der Waals surface area contributed by atoms with Crippen molar-refractivity contribution in [2.45, 2.75) is 65.0 Å². The standard InChI is InChI=1S/C13H23N5O/c1-10(2)8-13(19)14-9-12-15-16-17-18(12)11-6-4-3-5-7-11/h10-11H,3-9H2,1-2H3,(H,14,19). The molecule has 1 aromatic rings. The number of nitrogens with one attached hydrogen (secondary N) is 1. The predicted molar refractivity (Wildman–Crippen MR) is 71.2 cm³/mol. The Morgan fingerprint density at radius 1 is 1.37 bits per heavy atom. The molecule has 1 saturated carbocycles. The van der Waals surface area contributed by atoms with Crippen LogP contribution in [0.2, 0.25) is 0 Å². The Labute approximate surface area is 113 Å². The molecule has 0 radical (unpaired) electrons. The Balaban J connectivity index is 1.90.